The summed E-state index contributed by atoms with van der Waals surface area (Å²) < 4.78 is 4.88. The molecule has 100 valence electrons. The van der Waals surface area contributed by atoms with Crippen molar-refractivity contribution in [3.8, 4) is 0 Å². The molecule has 18 heavy (non-hydrogen) atoms. The second-order valence-corrected chi connectivity index (χ2v) is 4.59. The van der Waals surface area contributed by atoms with Crippen LogP contribution < -0.4 is 5.32 Å². The Bertz CT molecular complexity index is 381. The molecule has 1 N–H and O–H groups in total. The quantitative estimate of drug-likeness (QED) is 0.751. The standard InChI is InChI=1S/C13H21N3O2/c1-13(12(17)18-4,15-8-9-16(2)3)11-6-5-7-14-10-11/h5-7,10,15H,8-9H2,1-4H3. The third-order valence-electron chi connectivity index (χ3n) is 2.87. The van der Waals surface area contributed by atoms with E-state index in [-0.39, 0.29) is 5.97 Å². The summed E-state index contributed by atoms with van der Waals surface area (Å²) in [4.78, 5) is 18.1. The molecule has 1 unspecified atom stereocenters. The Morgan fingerprint density at radius 3 is 2.78 bits per heavy atom. The first-order chi connectivity index (χ1) is 8.50. The van der Waals surface area contributed by atoms with E-state index in [1.807, 2.05) is 38.1 Å². The zero-order valence-electron chi connectivity index (χ0n) is 11.4. The highest BCUT2D eigenvalue weighted by molar-refractivity contribution is 5.81. The Morgan fingerprint density at radius 1 is 1.56 bits per heavy atom. The molecule has 0 spiro atoms. The summed E-state index contributed by atoms with van der Waals surface area (Å²) in [5.74, 6) is -0.311. The van der Waals surface area contributed by atoms with Crippen LogP contribution in [0.5, 0.6) is 0 Å². The largest absolute Gasteiger partial charge is 0.467 e. The predicted molar refractivity (Wildman–Crippen MR) is 70.2 cm³/mol. The molecule has 0 aromatic carbocycles. The van der Waals surface area contributed by atoms with Crippen molar-refractivity contribution in [2.45, 2.75) is 12.5 Å². The molecule has 1 atom stereocenters. The summed E-state index contributed by atoms with van der Waals surface area (Å²) >= 11 is 0. The highest BCUT2D eigenvalue weighted by atomic mass is 16.5. The first-order valence-corrected chi connectivity index (χ1v) is 5.89. The van der Waals surface area contributed by atoms with Crippen molar-refractivity contribution in [3.05, 3.63) is 30.1 Å². The first-order valence-electron chi connectivity index (χ1n) is 5.89. The van der Waals surface area contributed by atoms with E-state index in [1.54, 1.807) is 12.4 Å². The maximum Gasteiger partial charge on any atom is 0.330 e. The number of hydrogen-bond acceptors (Lipinski definition) is 5. The van der Waals surface area contributed by atoms with Gasteiger partial charge >= 0.3 is 5.97 Å². The predicted octanol–water partition coefficient (Wildman–Crippen LogP) is 0.621. The molecule has 0 bridgehead atoms. The summed E-state index contributed by atoms with van der Waals surface area (Å²) in [5, 5.41) is 3.24. The van der Waals surface area contributed by atoms with Gasteiger partial charge in [0.2, 0.25) is 0 Å². The van der Waals surface area contributed by atoms with E-state index >= 15 is 0 Å². The van der Waals surface area contributed by atoms with Gasteiger partial charge in [-0.05, 0) is 27.1 Å². The normalized spacial score (nSPS) is 14.3. The number of rotatable bonds is 6. The van der Waals surface area contributed by atoms with E-state index in [4.69, 9.17) is 4.74 Å². The van der Waals surface area contributed by atoms with Crippen LogP contribution in [0.15, 0.2) is 24.5 Å². The molecular formula is C13H21N3O2. The van der Waals surface area contributed by atoms with Crippen LogP contribution in [0.4, 0.5) is 0 Å². The van der Waals surface area contributed by atoms with Gasteiger partial charge in [-0.3, -0.25) is 10.3 Å². The molecule has 0 saturated carbocycles. The van der Waals surface area contributed by atoms with Gasteiger partial charge in [0.1, 0.15) is 5.54 Å². The van der Waals surface area contributed by atoms with Gasteiger partial charge in [0.15, 0.2) is 0 Å². The maximum atomic E-state index is 12.0. The molecule has 1 aromatic rings. The van der Waals surface area contributed by atoms with Gasteiger partial charge in [-0.1, -0.05) is 6.07 Å². The van der Waals surface area contributed by atoms with Crippen molar-refractivity contribution in [1.29, 1.82) is 0 Å². The van der Waals surface area contributed by atoms with Crippen molar-refractivity contribution in [3.63, 3.8) is 0 Å². The molecule has 0 radical (unpaired) electrons. The average Bonchev–Trinajstić information content (AvgIpc) is 2.38. The number of hydrogen-bond donors (Lipinski definition) is 1. The molecule has 0 amide bonds. The molecule has 1 aromatic heterocycles. The molecule has 0 fully saturated rings. The second-order valence-electron chi connectivity index (χ2n) is 4.59. The fourth-order valence-electron chi connectivity index (χ4n) is 1.68. The summed E-state index contributed by atoms with van der Waals surface area (Å²) in [6, 6.07) is 3.68. The molecular weight excluding hydrogens is 230 g/mol. The van der Waals surface area contributed by atoms with E-state index in [2.05, 4.69) is 10.3 Å². The monoisotopic (exact) mass is 251 g/mol. The van der Waals surface area contributed by atoms with Gasteiger partial charge in [0.25, 0.3) is 0 Å². The molecule has 1 rings (SSSR count). The third kappa shape index (κ3) is 3.51. The van der Waals surface area contributed by atoms with E-state index in [0.29, 0.717) is 6.54 Å². The molecule has 0 aliphatic carbocycles. The van der Waals surface area contributed by atoms with Crippen molar-refractivity contribution in [2.24, 2.45) is 0 Å². The molecule has 5 nitrogen and oxygen atoms in total. The highest BCUT2D eigenvalue weighted by Gasteiger charge is 2.35. The number of pyridine rings is 1. The lowest BCUT2D eigenvalue weighted by molar-refractivity contribution is -0.148. The van der Waals surface area contributed by atoms with Crippen LogP contribution in [-0.2, 0) is 15.1 Å². The lowest BCUT2D eigenvalue weighted by Gasteiger charge is -2.28. The lowest BCUT2D eigenvalue weighted by Crippen LogP contribution is -2.49. The van der Waals surface area contributed by atoms with E-state index in [9.17, 15) is 4.79 Å². The zero-order chi connectivity index (χ0) is 13.6. The minimum Gasteiger partial charge on any atom is -0.467 e. The van der Waals surface area contributed by atoms with Gasteiger partial charge < -0.3 is 9.64 Å². The van der Waals surface area contributed by atoms with Crippen LogP contribution in [0, 0.1) is 0 Å². The van der Waals surface area contributed by atoms with Crippen molar-refractivity contribution >= 4 is 5.97 Å². The Balaban J connectivity index is 2.86. The van der Waals surface area contributed by atoms with E-state index in [1.165, 1.54) is 7.11 Å². The number of aromatic nitrogens is 1. The Morgan fingerprint density at radius 2 is 2.28 bits per heavy atom. The summed E-state index contributed by atoms with van der Waals surface area (Å²) in [6.45, 7) is 3.34. The van der Waals surface area contributed by atoms with Crippen LogP contribution in [0.1, 0.15) is 12.5 Å². The molecule has 0 aliphatic rings. The Labute approximate surface area is 108 Å². The highest BCUT2D eigenvalue weighted by Crippen LogP contribution is 2.21. The summed E-state index contributed by atoms with van der Waals surface area (Å²) in [7, 11) is 5.37. The fraction of sp³-hybridized carbons (Fsp3) is 0.538. The van der Waals surface area contributed by atoms with Gasteiger partial charge in [-0.15, -0.1) is 0 Å². The third-order valence-corrected chi connectivity index (χ3v) is 2.87. The number of likely N-dealkylation sites (N-methyl/N-ethyl adjacent to an activating group) is 1. The minimum atomic E-state index is -0.862. The first kappa shape index (κ1) is 14.6. The van der Waals surface area contributed by atoms with Crippen molar-refractivity contribution in [2.75, 3.05) is 34.3 Å². The molecule has 1 heterocycles. The van der Waals surface area contributed by atoms with E-state index < -0.39 is 5.54 Å². The van der Waals surface area contributed by atoms with E-state index in [0.717, 1.165) is 12.1 Å². The number of nitrogens with one attached hydrogen (secondary N) is 1. The number of ether oxygens (including phenoxy) is 1. The van der Waals surface area contributed by atoms with Crippen molar-refractivity contribution in [1.82, 2.24) is 15.2 Å². The molecule has 0 aliphatic heterocycles. The van der Waals surface area contributed by atoms with Crippen LogP contribution in [0.2, 0.25) is 0 Å². The summed E-state index contributed by atoms with van der Waals surface area (Å²) in [5.41, 5.74) is -0.0606. The van der Waals surface area contributed by atoms with Gasteiger partial charge in [0.05, 0.1) is 7.11 Å². The van der Waals surface area contributed by atoms with Crippen LogP contribution in [-0.4, -0.2) is 50.1 Å². The van der Waals surface area contributed by atoms with Crippen LogP contribution in [0.3, 0.4) is 0 Å². The number of carbonyl (C=O) groups is 1. The SMILES string of the molecule is COC(=O)C(C)(NCCN(C)C)c1cccnc1. The van der Waals surface area contributed by atoms with Crippen molar-refractivity contribution < 1.29 is 9.53 Å². The number of carbonyl (C=O) groups excluding carboxylic acids is 1. The number of esters is 1. The van der Waals surface area contributed by atoms with Crippen LogP contribution in [0.25, 0.3) is 0 Å². The molecule has 0 saturated heterocycles. The Hall–Kier alpha value is -1.46. The molecule has 5 heteroatoms. The summed E-state index contributed by atoms with van der Waals surface area (Å²) in [6.07, 6.45) is 3.36. The topological polar surface area (TPSA) is 54.5 Å². The number of nitrogens with zero attached hydrogens (tertiary/aromatic N) is 2. The zero-order valence-corrected chi connectivity index (χ0v) is 11.4. The smallest absolute Gasteiger partial charge is 0.330 e. The fourth-order valence-corrected chi connectivity index (χ4v) is 1.68. The minimum absolute atomic E-state index is 0.311. The van der Waals surface area contributed by atoms with Gasteiger partial charge in [-0.2, -0.15) is 0 Å². The second kappa shape index (κ2) is 6.47. The van der Waals surface area contributed by atoms with Crippen LogP contribution >= 0.6 is 0 Å². The van der Waals surface area contributed by atoms with Gasteiger partial charge in [0, 0.05) is 31.0 Å². The maximum absolute atomic E-state index is 12.0. The number of methoxy groups -OCH3 is 1. The lowest BCUT2D eigenvalue weighted by atomic mass is 9.93. The van der Waals surface area contributed by atoms with Gasteiger partial charge in [-0.25, -0.2) is 4.79 Å². The average molecular weight is 251 g/mol. The Kier molecular flexibility index (Phi) is 5.25.